The molecule has 1 rings (SSSR count). The van der Waals surface area contributed by atoms with Gasteiger partial charge in [-0.25, -0.2) is 4.79 Å². The average molecular weight is 229 g/mol. The Morgan fingerprint density at radius 3 is 2.62 bits per heavy atom. The highest BCUT2D eigenvalue weighted by atomic mass is 16.5. The molecule has 0 bridgehead atoms. The van der Waals surface area contributed by atoms with Crippen LogP contribution in [-0.4, -0.2) is 47.7 Å². The Labute approximate surface area is 95.4 Å². The lowest BCUT2D eigenvalue weighted by molar-refractivity contribution is -0.156. The van der Waals surface area contributed by atoms with Gasteiger partial charge in [-0.15, -0.1) is 0 Å². The highest BCUT2D eigenvalue weighted by Gasteiger charge is 2.31. The first-order valence-corrected chi connectivity index (χ1v) is 5.69. The van der Waals surface area contributed by atoms with Crippen LogP contribution in [0.25, 0.3) is 0 Å². The molecule has 1 amide bonds. The lowest BCUT2D eigenvalue weighted by Crippen LogP contribution is -2.47. The Balaban J connectivity index is 2.60. The zero-order chi connectivity index (χ0) is 12.1. The lowest BCUT2D eigenvalue weighted by Gasteiger charge is -2.29. The second kappa shape index (κ2) is 5.84. The maximum atomic E-state index is 11.9. The van der Waals surface area contributed by atoms with Crippen molar-refractivity contribution in [2.24, 2.45) is 0 Å². The van der Waals surface area contributed by atoms with Crippen LogP contribution in [-0.2, 0) is 14.3 Å². The summed E-state index contributed by atoms with van der Waals surface area (Å²) < 4.78 is 5.35. The molecule has 5 heteroatoms. The number of carbonyl (C=O) groups is 2. The van der Waals surface area contributed by atoms with Gasteiger partial charge in [0.15, 0.2) is 0 Å². The average Bonchev–Trinajstić information content (AvgIpc) is 2.29. The largest absolute Gasteiger partial charge is 0.480 e. The number of nitrogens with zero attached hydrogens (tertiary/aromatic N) is 1. The molecule has 0 spiro atoms. The van der Waals surface area contributed by atoms with Crippen molar-refractivity contribution in [1.82, 2.24) is 4.90 Å². The molecule has 92 valence electrons. The summed E-state index contributed by atoms with van der Waals surface area (Å²) in [6.07, 6.45) is 2.59. The molecule has 2 atom stereocenters. The second-order valence-electron chi connectivity index (χ2n) is 4.07. The number of carbonyl (C=O) groups excluding carboxylic acids is 1. The summed E-state index contributed by atoms with van der Waals surface area (Å²) in [5.41, 5.74) is 0. The summed E-state index contributed by atoms with van der Waals surface area (Å²) in [7, 11) is 1.53. The zero-order valence-corrected chi connectivity index (χ0v) is 9.81. The van der Waals surface area contributed by atoms with E-state index in [2.05, 4.69) is 0 Å². The number of aliphatic carboxylic acids is 1. The van der Waals surface area contributed by atoms with Crippen LogP contribution in [0.1, 0.15) is 32.6 Å². The quantitative estimate of drug-likeness (QED) is 0.777. The molecule has 1 saturated heterocycles. The Hall–Kier alpha value is -1.10. The SMILES string of the molecule is CCC(C(=O)O)N(C)C(=O)C1CCCCO1. The molecule has 0 aromatic rings. The summed E-state index contributed by atoms with van der Waals surface area (Å²) in [5, 5.41) is 8.96. The fourth-order valence-electron chi connectivity index (χ4n) is 1.93. The molecule has 16 heavy (non-hydrogen) atoms. The number of ether oxygens (including phenoxy) is 1. The van der Waals surface area contributed by atoms with Gasteiger partial charge < -0.3 is 14.7 Å². The predicted molar refractivity (Wildman–Crippen MR) is 58.1 cm³/mol. The van der Waals surface area contributed by atoms with Crippen LogP contribution in [0.3, 0.4) is 0 Å². The molecular weight excluding hydrogens is 210 g/mol. The van der Waals surface area contributed by atoms with Crippen molar-refractivity contribution in [3.05, 3.63) is 0 Å². The first-order valence-electron chi connectivity index (χ1n) is 5.69. The predicted octanol–water partition coefficient (Wildman–Crippen LogP) is 0.877. The summed E-state index contributed by atoms with van der Waals surface area (Å²) >= 11 is 0. The first-order chi connectivity index (χ1) is 7.57. The van der Waals surface area contributed by atoms with Crippen molar-refractivity contribution in [3.8, 4) is 0 Å². The lowest BCUT2D eigenvalue weighted by atomic mass is 10.1. The number of carboxylic acids is 1. The van der Waals surface area contributed by atoms with Gasteiger partial charge in [0.25, 0.3) is 5.91 Å². The fourth-order valence-corrected chi connectivity index (χ4v) is 1.93. The van der Waals surface area contributed by atoms with E-state index in [9.17, 15) is 9.59 Å². The van der Waals surface area contributed by atoms with E-state index >= 15 is 0 Å². The van der Waals surface area contributed by atoms with Crippen molar-refractivity contribution in [1.29, 1.82) is 0 Å². The third kappa shape index (κ3) is 2.95. The number of hydrogen-bond acceptors (Lipinski definition) is 3. The maximum Gasteiger partial charge on any atom is 0.326 e. The first kappa shape index (κ1) is 13.0. The molecule has 1 aliphatic heterocycles. The molecule has 0 radical (unpaired) electrons. The van der Waals surface area contributed by atoms with E-state index < -0.39 is 18.1 Å². The number of likely N-dealkylation sites (N-methyl/N-ethyl adjacent to an activating group) is 1. The van der Waals surface area contributed by atoms with Crippen LogP contribution in [0.5, 0.6) is 0 Å². The highest BCUT2D eigenvalue weighted by molar-refractivity contribution is 5.86. The third-order valence-corrected chi connectivity index (χ3v) is 2.94. The smallest absolute Gasteiger partial charge is 0.326 e. The summed E-state index contributed by atoms with van der Waals surface area (Å²) in [6.45, 7) is 2.35. The van der Waals surface area contributed by atoms with E-state index in [4.69, 9.17) is 9.84 Å². The minimum Gasteiger partial charge on any atom is -0.480 e. The molecule has 1 fully saturated rings. The Morgan fingerprint density at radius 1 is 1.50 bits per heavy atom. The number of hydrogen-bond donors (Lipinski definition) is 1. The molecule has 0 aromatic carbocycles. The normalized spacial score (nSPS) is 22.5. The molecule has 1 heterocycles. The standard InChI is InChI=1S/C11H19NO4/c1-3-8(11(14)15)12(2)10(13)9-6-4-5-7-16-9/h8-9H,3-7H2,1-2H3,(H,14,15). The van der Waals surface area contributed by atoms with Gasteiger partial charge in [0.1, 0.15) is 12.1 Å². The highest BCUT2D eigenvalue weighted by Crippen LogP contribution is 2.16. The van der Waals surface area contributed by atoms with E-state index in [-0.39, 0.29) is 5.91 Å². The van der Waals surface area contributed by atoms with E-state index in [0.717, 1.165) is 12.8 Å². The number of carboxylic acid groups (broad SMARTS) is 1. The van der Waals surface area contributed by atoms with Crippen LogP contribution < -0.4 is 0 Å². The monoisotopic (exact) mass is 229 g/mol. The van der Waals surface area contributed by atoms with E-state index in [1.807, 2.05) is 0 Å². The van der Waals surface area contributed by atoms with Gasteiger partial charge in [0, 0.05) is 13.7 Å². The number of amides is 1. The summed E-state index contributed by atoms with van der Waals surface area (Å²) in [5.74, 6) is -1.18. The van der Waals surface area contributed by atoms with Crippen molar-refractivity contribution < 1.29 is 19.4 Å². The fraction of sp³-hybridized carbons (Fsp3) is 0.818. The van der Waals surface area contributed by atoms with Crippen molar-refractivity contribution >= 4 is 11.9 Å². The molecule has 0 aliphatic carbocycles. The second-order valence-corrected chi connectivity index (χ2v) is 4.07. The molecule has 0 aromatic heterocycles. The Morgan fingerprint density at radius 2 is 2.19 bits per heavy atom. The van der Waals surface area contributed by atoms with E-state index in [1.54, 1.807) is 6.92 Å². The zero-order valence-electron chi connectivity index (χ0n) is 9.81. The minimum atomic E-state index is -0.964. The summed E-state index contributed by atoms with van der Waals surface area (Å²) in [4.78, 5) is 24.2. The van der Waals surface area contributed by atoms with E-state index in [1.165, 1.54) is 11.9 Å². The van der Waals surface area contributed by atoms with Crippen LogP contribution in [0.15, 0.2) is 0 Å². The third-order valence-electron chi connectivity index (χ3n) is 2.94. The molecule has 1 aliphatic rings. The molecule has 1 N–H and O–H groups in total. The Kier molecular flexibility index (Phi) is 4.73. The number of rotatable bonds is 4. The van der Waals surface area contributed by atoms with Crippen LogP contribution in [0, 0.1) is 0 Å². The van der Waals surface area contributed by atoms with Gasteiger partial charge >= 0.3 is 5.97 Å². The van der Waals surface area contributed by atoms with Crippen LogP contribution in [0.4, 0.5) is 0 Å². The van der Waals surface area contributed by atoms with Gasteiger partial charge in [0.2, 0.25) is 0 Å². The topological polar surface area (TPSA) is 66.8 Å². The molecule has 5 nitrogen and oxygen atoms in total. The molecule has 0 saturated carbocycles. The van der Waals surface area contributed by atoms with Crippen LogP contribution >= 0.6 is 0 Å². The van der Waals surface area contributed by atoms with Crippen molar-refractivity contribution in [3.63, 3.8) is 0 Å². The van der Waals surface area contributed by atoms with E-state index in [0.29, 0.717) is 19.4 Å². The maximum absolute atomic E-state index is 11.9. The molecular formula is C11H19NO4. The van der Waals surface area contributed by atoms with Gasteiger partial charge in [-0.1, -0.05) is 6.92 Å². The van der Waals surface area contributed by atoms with Crippen LogP contribution in [0.2, 0.25) is 0 Å². The van der Waals surface area contributed by atoms with Crippen molar-refractivity contribution in [2.45, 2.75) is 44.8 Å². The van der Waals surface area contributed by atoms with Crippen molar-refractivity contribution in [2.75, 3.05) is 13.7 Å². The Bertz CT molecular complexity index is 261. The summed E-state index contributed by atoms with van der Waals surface area (Å²) in [6, 6.07) is -0.752. The van der Waals surface area contributed by atoms with Gasteiger partial charge in [-0.2, -0.15) is 0 Å². The minimum absolute atomic E-state index is 0.214. The van der Waals surface area contributed by atoms with Gasteiger partial charge in [-0.3, -0.25) is 4.79 Å². The molecule has 2 unspecified atom stereocenters. The van der Waals surface area contributed by atoms with Gasteiger partial charge in [0.05, 0.1) is 0 Å². The van der Waals surface area contributed by atoms with Gasteiger partial charge in [-0.05, 0) is 25.7 Å².